The number of amides is 1. The van der Waals surface area contributed by atoms with Crippen LogP contribution < -0.4 is 10.1 Å². The van der Waals surface area contributed by atoms with E-state index in [2.05, 4.69) is 12.2 Å². The molecule has 1 aromatic carbocycles. The summed E-state index contributed by atoms with van der Waals surface area (Å²) in [6.07, 6.45) is 4.58. The van der Waals surface area contributed by atoms with Crippen molar-refractivity contribution in [3.8, 4) is 5.75 Å². The molecule has 26 heavy (non-hydrogen) atoms. The molecule has 1 aromatic rings. The molecule has 1 amide bonds. The fourth-order valence-electron chi connectivity index (χ4n) is 3.13. The number of hydrogen-bond acceptors (Lipinski definition) is 4. The van der Waals surface area contributed by atoms with Crippen LogP contribution in [0, 0.1) is 5.92 Å². The van der Waals surface area contributed by atoms with E-state index >= 15 is 0 Å². The number of rotatable bonds is 9. The van der Waals surface area contributed by atoms with E-state index in [1.807, 2.05) is 6.92 Å². The van der Waals surface area contributed by atoms with Gasteiger partial charge in [0.2, 0.25) is 15.9 Å². The number of ether oxygens (including phenoxy) is 1. The highest BCUT2D eigenvalue weighted by molar-refractivity contribution is 7.89. The first-order valence-corrected chi connectivity index (χ1v) is 10.9. The fourth-order valence-corrected chi connectivity index (χ4v) is 4.65. The average Bonchev–Trinajstić information content (AvgIpc) is 2.66. The van der Waals surface area contributed by atoms with Crippen LogP contribution in [0.5, 0.6) is 5.75 Å². The number of carbonyl (C=O) groups excluding carboxylic acids is 1. The largest absolute Gasteiger partial charge is 0.494 e. The van der Waals surface area contributed by atoms with Gasteiger partial charge >= 0.3 is 0 Å². The maximum Gasteiger partial charge on any atom is 0.243 e. The Bertz CT molecular complexity index is 673. The van der Waals surface area contributed by atoms with E-state index in [1.54, 1.807) is 24.3 Å². The van der Waals surface area contributed by atoms with Crippen molar-refractivity contribution in [2.45, 2.75) is 50.8 Å². The van der Waals surface area contributed by atoms with Crippen LogP contribution in [0.2, 0.25) is 0 Å². The van der Waals surface area contributed by atoms with Gasteiger partial charge in [-0.25, -0.2) is 8.42 Å². The number of unbranched alkanes of at least 4 members (excludes halogenated alkanes) is 2. The lowest BCUT2D eigenvalue weighted by atomic mass is 9.99. The monoisotopic (exact) mass is 382 g/mol. The predicted octanol–water partition coefficient (Wildman–Crippen LogP) is 2.79. The Labute approximate surface area is 157 Å². The van der Waals surface area contributed by atoms with Crippen molar-refractivity contribution < 1.29 is 17.9 Å². The lowest BCUT2D eigenvalue weighted by molar-refractivity contribution is -0.126. The van der Waals surface area contributed by atoms with E-state index in [9.17, 15) is 13.2 Å². The molecule has 0 radical (unpaired) electrons. The Morgan fingerprint density at radius 2 is 1.96 bits per heavy atom. The van der Waals surface area contributed by atoms with Gasteiger partial charge in [-0.1, -0.05) is 19.8 Å². The van der Waals surface area contributed by atoms with Crippen LogP contribution in [0.3, 0.4) is 0 Å². The van der Waals surface area contributed by atoms with Crippen LogP contribution >= 0.6 is 0 Å². The first-order valence-electron chi connectivity index (χ1n) is 9.49. The van der Waals surface area contributed by atoms with Crippen molar-refractivity contribution in [1.29, 1.82) is 0 Å². The van der Waals surface area contributed by atoms with E-state index < -0.39 is 10.0 Å². The van der Waals surface area contributed by atoms with E-state index in [0.29, 0.717) is 31.9 Å². The predicted molar refractivity (Wildman–Crippen MR) is 102 cm³/mol. The molecule has 1 aliphatic rings. The van der Waals surface area contributed by atoms with Crippen molar-refractivity contribution in [1.82, 2.24) is 9.62 Å². The lowest BCUT2D eigenvalue weighted by Gasteiger charge is -2.31. The maximum atomic E-state index is 12.9. The van der Waals surface area contributed by atoms with Crippen molar-refractivity contribution in [3.05, 3.63) is 24.3 Å². The van der Waals surface area contributed by atoms with Gasteiger partial charge in [0.1, 0.15) is 5.75 Å². The molecule has 0 aliphatic carbocycles. The molecule has 146 valence electrons. The molecule has 7 heteroatoms. The van der Waals surface area contributed by atoms with E-state index in [4.69, 9.17) is 4.74 Å². The minimum atomic E-state index is -3.59. The van der Waals surface area contributed by atoms with Crippen LogP contribution in [0.25, 0.3) is 0 Å². The number of nitrogens with zero attached hydrogens (tertiary/aromatic N) is 1. The SMILES string of the molecule is CCCCCNC(=O)[C@@H]1CCCN(S(=O)(=O)c2ccc(OCC)cc2)C1. The minimum absolute atomic E-state index is 0.0345. The smallest absolute Gasteiger partial charge is 0.243 e. The summed E-state index contributed by atoms with van der Waals surface area (Å²) in [5, 5.41) is 2.94. The van der Waals surface area contributed by atoms with Gasteiger partial charge in [0.15, 0.2) is 0 Å². The highest BCUT2D eigenvalue weighted by Crippen LogP contribution is 2.25. The van der Waals surface area contributed by atoms with Gasteiger partial charge in [-0.2, -0.15) is 4.31 Å². The van der Waals surface area contributed by atoms with Crippen LogP contribution in [-0.2, 0) is 14.8 Å². The van der Waals surface area contributed by atoms with Gasteiger partial charge in [0.25, 0.3) is 0 Å². The number of nitrogens with one attached hydrogen (secondary N) is 1. The average molecular weight is 383 g/mol. The normalized spacial score (nSPS) is 18.5. The third kappa shape index (κ3) is 5.45. The number of sulfonamides is 1. The summed E-state index contributed by atoms with van der Waals surface area (Å²) in [4.78, 5) is 12.6. The molecule has 0 saturated carbocycles. The quantitative estimate of drug-likeness (QED) is 0.667. The van der Waals surface area contributed by atoms with Crippen LogP contribution in [-0.4, -0.2) is 44.9 Å². The van der Waals surface area contributed by atoms with Gasteiger partial charge in [-0.15, -0.1) is 0 Å². The molecule has 6 nitrogen and oxygen atoms in total. The van der Waals surface area contributed by atoms with Gasteiger partial charge in [0, 0.05) is 19.6 Å². The van der Waals surface area contributed by atoms with E-state index in [-0.39, 0.29) is 23.3 Å². The molecule has 1 fully saturated rings. The summed E-state index contributed by atoms with van der Waals surface area (Å²) in [6.45, 7) is 5.89. The lowest BCUT2D eigenvalue weighted by Crippen LogP contribution is -2.45. The molecule has 1 saturated heterocycles. The zero-order chi connectivity index (χ0) is 19.0. The molecule has 1 atom stereocenters. The molecule has 0 unspecified atom stereocenters. The molecular weight excluding hydrogens is 352 g/mol. The second-order valence-electron chi connectivity index (χ2n) is 6.60. The zero-order valence-corrected chi connectivity index (χ0v) is 16.6. The summed E-state index contributed by atoms with van der Waals surface area (Å²) in [6, 6.07) is 6.46. The molecular formula is C19H30N2O4S. The molecule has 0 bridgehead atoms. The number of carbonyl (C=O) groups is 1. The summed E-state index contributed by atoms with van der Waals surface area (Å²) in [7, 11) is -3.59. The van der Waals surface area contributed by atoms with Gasteiger partial charge < -0.3 is 10.1 Å². The Hall–Kier alpha value is -1.60. The summed E-state index contributed by atoms with van der Waals surface area (Å²) < 4.78 is 32.5. The first-order chi connectivity index (χ1) is 12.5. The summed E-state index contributed by atoms with van der Waals surface area (Å²) in [5.41, 5.74) is 0. The van der Waals surface area contributed by atoms with E-state index in [0.717, 1.165) is 25.7 Å². The number of piperidine rings is 1. The zero-order valence-electron chi connectivity index (χ0n) is 15.7. The molecule has 0 spiro atoms. The number of benzene rings is 1. The summed E-state index contributed by atoms with van der Waals surface area (Å²) in [5.74, 6) is 0.338. The second-order valence-corrected chi connectivity index (χ2v) is 8.54. The Balaban J connectivity index is 1.99. The second kappa shape index (κ2) is 9.92. The standard InChI is InChI=1S/C19H30N2O4S/c1-3-5-6-13-20-19(22)16-8-7-14-21(15-16)26(23,24)18-11-9-17(10-12-18)25-4-2/h9-12,16H,3-8,13-15H2,1-2H3,(H,20,22)/t16-/m1/s1. The maximum absolute atomic E-state index is 12.9. The first kappa shape index (κ1) is 20.7. The van der Waals surface area contributed by atoms with Crippen LogP contribution in [0.15, 0.2) is 29.2 Å². The molecule has 2 rings (SSSR count). The van der Waals surface area contributed by atoms with Crippen molar-refractivity contribution in [2.24, 2.45) is 5.92 Å². The Morgan fingerprint density at radius 3 is 2.62 bits per heavy atom. The molecule has 1 aliphatic heterocycles. The molecule has 1 heterocycles. The van der Waals surface area contributed by atoms with Gasteiger partial charge in [0.05, 0.1) is 17.4 Å². The molecule has 0 aromatic heterocycles. The van der Waals surface area contributed by atoms with Crippen LogP contribution in [0.1, 0.15) is 46.0 Å². The number of hydrogen-bond donors (Lipinski definition) is 1. The van der Waals surface area contributed by atoms with Crippen molar-refractivity contribution in [3.63, 3.8) is 0 Å². The highest BCUT2D eigenvalue weighted by Gasteiger charge is 2.33. The third-order valence-corrected chi connectivity index (χ3v) is 6.49. The Kier molecular flexibility index (Phi) is 7.90. The van der Waals surface area contributed by atoms with Gasteiger partial charge in [-0.05, 0) is 50.5 Å². The van der Waals surface area contributed by atoms with Crippen molar-refractivity contribution in [2.75, 3.05) is 26.2 Å². The summed E-state index contributed by atoms with van der Waals surface area (Å²) >= 11 is 0. The minimum Gasteiger partial charge on any atom is -0.494 e. The van der Waals surface area contributed by atoms with Crippen molar-refractivity contribution >= 4 is 15.9 Å². The van der Waals surface area contributed by atoms with E-state index in [1.165, 1.54) is 4.31 Å². The topological polar surface area (TPSA) is 75.7 Å². The van der Waals surface area contributed by atoms with Crippen LogP contribution in [0.4, 0.5) is 0 Å². The highest BCUT2D eigenvalue weighted by atomic mass is 32.2. The molecule has 1 N–H and O–H groups in total. The fraction of sp³-hybridized carbons (Fsp3) is 0.632. The Morgan fingerprint density at radius 1 is 1.23 bits per heavy atom. The third-order valence-electron chi connectivity index (χ3n) is 4.61. The van der Waals surface area contributed by atoms with Gasteiger partial charge in [-0.3, -0.25) is 4.79 Å².